The van der Waals surface area contributed by atoms with Crippen molar-refractivity contribution in [2.75, 3.05) is 0 Å². The summed E-state index contributed by atoms with van der Waals surface area (Å²) in [6, 6.07) is 34.9. The van der Waals surface area contributed by atoms with Gasteiger partial charge in [0.1, 0.15) is 0 Å². The molecule has 0 atom stereocenters. The summed E-state index contributed by atoms with van der Waals surface area (Å²) < 4.78 is 0. The molecular formula is C35H36O. The third-order valence-corrected chi connectivity index (χ3v) is 6.72. The molecule has 0 amide bonds. The van der Waals surface area contributed by atoms with E-state index >= 15 is 0 Å². The Bertz CT molecular complexity index is 1290. The largest absolute Gasteiger partial charge is 0.369 e. The van der Waals surface area contributed by atoms with Crippen LogP contribution in [-0.4, -0.2) is 5.11 Å². The van der Waals surface area contributed by atoms with Crippen LogP contribution in [0, 0.1) is 11.8 Å². The summed E-state index contributed by atoms with van der Waals surface area (Å²) in [5, 5.41) is 12.1. The predicted molar refractivity (Wildman–Crippen MR) is 152 cm³/mol. The Morgan fingerprint density at radius 3 is 1.28 bits per heavy atom. The van der Waals surface area contributed by atoms with Crippen molar-refractivity contribution < 1.29 is 5.11 Å². The summed E-state index contributed by atoms with van der Waals surface area (Å²) in [5.74, 6) is 6.48. The van der Waals surface area contributed by atoms with Crippen LogP contribution in [0.4, 0.5) is 0 Å². The number of rotatable bonds is 3. The van der Waals surface area contributed by atoms with E-state index in [1.54, 1.807) is 0 Å². The zero-order chi connectivity index (χ0) is 26.0. The molecule has 0 unspecified atom stereocenters. The van der Waals surface area contributed by atoms with Crippen molar-refractivity contribution in [1.82, 2.24) is 0 Å². The van der Waals surface area contributed by atoms with Crippen LogP contribution in [0.15, 0.2) is 103 Å². The second kappa shape index (κ2) is 9.81. The van der Waals surface area contributed by atoms with Gasteiger partial charge in [-0.3, -0.25) is 0 Å². The van der Waals surface area contributed by atoms with Gasteiger partial charge in [-0.05, 0) is 45.2 Å². The Balaban J connectivity index is 1.74. The molecule has 0 spiro atoms. The highest BCUT2D eigenvalue weighted by molar-refractivity contribution is 5.64. The summed E-state index contributed by atoms with van der Waals surface area (Å²) >= 11 is 0. The molecule has 182 valence electrons. The smallest absolute Gasteiger partial charge is 0.177 e. The normalized spacial score (nSPS) is 12.1. The SMILES string of the molecule is CC(C)(C)c1ccc(C(O)(C#Cc2ccc(-c3ccccc3)cc2)c2ccc(C(C)(C)C)cc2)cc1. The minimum Gasteiger partial charge on any atom is -0.369 e. The number of hydrogen-bond acceptors (Lipinski definition) is 1. The van der Waals surface area contributed by atoms with Gasteiger partial charge < -0.3 is 5.11 Å². The van der Waals surface area contributed by atoms with Crippen molar-refractivity contribution >= 4 is 0 Å². The van der Waals surface area contributed by atoms with E-state index in [0.29, 0.717) is 0 Å². The van der Waals surface area contributed by atoms with Gasteiger partial charge in [0.15, 0.2) is 5.60 Å². The number of aliphatic hydroxyl groups is 1. The Labute approximate surface area is 216 Å². The van der Waals surface area contributed by atoms with Gasteiger partial charge in [0.2, 0.25) is 0 Å². The molecule has 1 heteroatoms. The zero-order valence-electron chi connectivity index (χ0n) is 22.3. The van der Waals surface area contributed by atoms with Crippen molar-refractivity contribution in [3.8, 4) is 23.0 Å². The molecular weight excluding hydrogens is 436 g/mol. The molecule has 0 aromatic heterocycles. The van der Waals surface area contributed by atoms with E-state index in [2.05, 4.69) is 102 Å². The van der Waals surface area contributed by atoms with E-state index in [4.69, 9.17) is 0 Å². The van der Waals surface area contributed by atoms with Crippen LogP contribution in [0.3, 0.4) is 0 Å². The average Bonchev–Trinajstić information content (AvgIpc) is 2.87. The molecule has 0 fully saturated rings. The van der Waals surface area contributed by atoms with Gasteiger partial charge in [-0.15, -0.1) is 0 Å². The second-order valence-electron chi connectivity index (χ2n) is 11.6. The lowest BCUT2D eigenvalue weighted by molar-refractivity contribution is 0.145. The van der Waals surface area contributed by atoms with E-state index in [0.717, 1.165) is 22.3 Å². The maximum atomic E-state index is 12.1. The fourth-order valence-corrected chi connectivity index (χ4v) is 4.27. The molecule has 0 saturated carbocycles. The first-order chi connectivity index (χ1) is 17.0. The van der Waals surface area contributed by atoms with Crippen LogP contribution >= 0.6 is 0 Å². The molecule has 0 saturated heterocycles. The van der Waals surface area contributed by atoms with Crippen molar-refractivity contribution in [3.05, 3.63) is 131 Å². The molecule has 0 radical (unpaired) electrons. The maximum Gasteiger partial charge on any atom is 0.177 e. The van der Waals surface area contributed by atoms with Crippen molar-refractivity contribution in [2.24, 2.45) is 0 Å². The molecule has 1 nitrogen and oxygen atoms in total. The predicted octanol–water partition coefficient (Wildman–Crippen LogP) is 8.24. The van der Waals surface area contributed by atoms with Crippen molar-refractivity contribution in [1.29, 1.82) is 0 Å². The van der Waals surface area contributed by atoms with E-state index < -0.39 is 5.60 Å². The average molecular weight is 473 g/mol. The molecule has 0 heterocycles. The van der Waals surface area contributed by atoms with Crippen LogP contribution in [0.2, 0.25) is 0 Å². The number of benzene rings is 4. The van der Waals surface area contributed by atoms with Gasteiger partial charge in [0, 0.05) is 16.7 Å². The molecule has 0 aliphatic heterocycles. The highest BCUT2D eigenvalue weighted by Crippen LogP contribution is 2.33. The fraction of sp³-hybridized carbons (Fsp3) is 0.257. The maximum absolute atomic E-state index is 12.1. The molecule has 1 N–H and O–H groups in total. The molecule has 4 rings (SSSR count). The van der Waals surface area contributed by atoms with Crippen LogP contribution < -0.4 is 0 Å². The fourth-order valence-electron chi connectivity index (χ4n) is 4.27. The molecule has 0 aliphatic carbocycles. The highest BCUT2D eigenvalue weighted by Gasteiger charge is 2.30. The topological polar surface area (TPSA) is 20.2 Å². The van der Waals surface area contributed by atoms with Gasteiger partial charge >= 0.3 is 0 Å². The Morgan fingerprint density at radius 1 is 0.472 bits per heavy atom. The van der Waals surface area contributed by atoms with Crippen LogP contribution in [0.25, 0.3) is 11.1 Å². The third-order valence-electron chi connectivity index (χ3n) is 6.72. The molecule has 36 heavy (non-hydrogen) atoms. The lowest BCUT2D eigenvalue weighted by Gasteiger charge is -2.27. The summed E-state index contributed by atoms with van der Waals surface area (Å²) in [4.78, 5) is 0. The lowest BCUT2D eigenvalue weighted by Crippen LogP contribution is -2.26. The van der Waals surface area contributed by atoms with E-state index in [-0.39, 0.29) is 10.8 Å². The highest BCUT2D eigenvalue weighted by atomic mass is 16.3. The Hall–Kier alpha value is -3.60. The molecule has 4 aromatic rings. The van der Waals surface area contributed by atoms with Gasteiger partial charge in [-0.1, -0.05) is 144 Å². The van der Waals surface area contributed by atoms with Crippen molar-refractivity contribution in [2.45, 2.75) is 58.0 Å². The standard InChI is InChI=1S/C35H36O/c1-33(2,3)29-16-20-31(21-17-29)35(36,32-22-18-30(19-23-32)34(4,5)6)25-24-26-12-14-28(15-13-26)27-10-8-7-9-11-27/h7-23,36H,1-6H3. The summed E-state index contributed by atoms with van der Waals surface area (Å²) in [6.07, 6.45) is 0. The lowest BCUT2D eigenvalue weighted by atomic mass is 9.81. The minimum absolute atomic E-state index is 0.0389. The van der Waals surface area contributed by atoms with Crippen LogP contribution in [0.1, 0.15) is 69.4 Å². The molecule has 0 bridgehead atoms. The Morgan fingerprint density at radius 2 is 0.861 bits per heavy atom. The monoisotopic (exact) mass is 472 g/mol. The van der Waals surface area contributed by atoms with Gasteiger partial charge in [-0.25, -0.2) is 0 Å². The minimum atomic E-state index is -1.43. The Kier molecular flexibility index (Phi) is 6.94. The van der Waals surface area contributed by atoms with Crippen LogP contribution in [-0.2, 0) is 16.4 Å². The first-order valence-electron chi connectivity index (χ1n) is 12.6. The third kappa shape index (κ3) is 5.62. The van der Waals surface area contributed by atoms with E-state index in [1.165, 1.54) is 16.7 Å². The summed E-state index contributed by atoms with van der Waals surface area (Å²) in [6.45, 7) is 13.2. The zero-order valence-corrected chi connectivity index (χ0v) is 22.3. The quantitative estimate of drug-likeness (QED) is 0.298. The van der Waals surface area contributed by atoms with Gasteiger partial charge in [0.05, 0.1) is 0 Å². The second-order valence-corrected chi connectivity index (χ2v) is 11.6. The van der Waals surface area contributed by atoms with Crippen LogP contribution in [0.5, 0.6) is 0 Å². The summed E-state index contributed by atoms with van der Waals surface area (Å²) in [7, 11) is 0. The van der Waals surface area contributed by atoms with E-state index in [9.17, 15) is 5.11 Å². The molecule has 4 aromatic carbocycles. The summed E-state index contributed by atoms with van der Waals surface area (Å²) in [5.41, 5.74) is 5.82. The van der Waals surface area contributed by atoms with E-state index in [1.807, 2.05) is 54.6 Å². The first-order valence-corrected chi connectivity index (χ1v) is 12.6. The number of hydrogen-bond donors (Lipinski definition) is 1. The van der Waals surface area contributed by atoms with Gasteiger partial charge in [-0.2, -0.15) is 0 Å². The van der Waals surface area contributed by atoms with Gasteiger partial charge in [0.25, 0.3) is 0 Å². The molecule has 0 aliphatic rings. The first kappa shape index (κ1) is 25.5. The van der Waals surface area contributed by atoms with Crippen molar-refractivity contribution in [3.63, 3.8) is 0 Å².